The van der Waals surface area contributed by atoms with Crippen molar-refractivity contribution in [2.45, 2.75) is 33.8 Å². The zero-order chi connectivity index (χ0) is 21.0. The zero-order valence-electron chi connectivity index (χ0n) is 16.3. The lowest BCUT2D eigenvalue weighted by atomic mass is 10.1. The maximum absolute atomic E-state index is 12.6. The molecule has 28 heavy (non-hydrogen) atoms. The van der Waals surface area contributed by atoms with Crippen molar-refractivity contribution in [1.29, 1.82) is 0 Å². The third-order valence-corrected chi connectivity index (χ3v) is 4.66. The van der Waals surface area contributed by atoms with E-state index in [1.807, 2.05) is 6.92 Å². The van der Waals surface area contributed by atoms with Gasteiger partial charge in [0.15, 0.2) is 12.7 Å². The number of hydrogen-bond acceptors (Lipinski definition) is 6. The van der Waals surface area contributed by atoms with Crippen LogP contribution in [0.4, 0.5) is 0 Å². The molecule has 0 radical (unpaired) electrons. The first kappa shape index (κ1) is 21.5. The van der Waals surface area contributed by atoms with Gasteiger partial charge in [-0.2, -0.15) is 0 Å². The Morgan fingerprint density at radius 3 is 2.46 bits per heavy atom. The van der Waals surface area contributed by atoms with Gasteiger partial charge in [-0.1, -0.05) is 11.6 Å². The molecule has 1 N–H and O–H groups in total. The van der Waals surface area contributed by atoms with Crippen LogP contribution in [0.15, 0.2) is 18.2 Å². The molecule has 1 aromatic carbocycles. The first-order chi connectivity index (χ1) is 13.1. The number of ether oxygens (including phenoxy) is 3. The van der Waals surface area contributed by atoms with Gasteiger partial charge in [-0.15, -0.1) is 0 Å². The highest BCUT2D eigenvalue weighted by Crippen LogP contribution is 2.22. The minimum Gasteiger partial charge on any atom is -0.482 e. The summed E-state index contributed by atoms with van der Waals surface area (Å²) >= 11 is 5.94. The van der Waals surface area contributed by atoms with Crippen molar-refractivity contribution in [3.63, 3.8) is 0 Å². The van der Waals surface area contributed by atoms with E-state index in [9.17, 15) is 14.4 Å². The predicted molar refractivity (Wildman–Crippen MR) is 103 cm³/mol. The highest BCUT2D eigenvalue weighted by Gasteiger charge is 2.27. The summed E-state index contributed by atoms with van der Waals surface area (Å²) in [4.78, 5) is 39.3. The van der Waals surface area contributed by atoms with E-state index in [0.717, 1.165) is 5.56 Å². The number of rotatable bonds is 7. The number of hydrogen-bond donors (Lipinski definition) is 1. The summed E-state index contributed by atoms with van der Waals surface area (Å²) in [6.07, 6.45) is -1.05. The molecule has 150 valence electrons. The van der Waals surface area contributed by atoms with Gasteiger partial charge in [0.1, 0.15) is 5.75 Å². The average molecular weight is 408 g/mol. The second kappa shape index (κ2) is 8.93. The molecule has 0 bridgehead atoms. The number of benzene rings is 1. The van der Waals surface area contributed by atoms with Gasteiger partial charge in [-0.05, 0) is 57.0 Å². The van der Waals surface area contributed by atoms with Crippen LogP contribution in [0.2, 0.25) is 5.02 Å². The van der Waals surface area contributed by atoms with Gasteiger partial charge in [0.2, 0.25) is 5.78 Å². The predicted octanol–water partition coefficient (Wildman–Crippen LogP) is 3.57. The SMILES string of the molecule is COC(=O)c1c(C)[nH]c(C(=O)[C@@H](C)OC(=O)COc2ccc(Cl)c(C)c2)c1C. The van der Waals surface area contributed by atoms with Crippen molar-refractivity contribution >= 4 is 29.3 Å². The quantitative estimate of drug-likeness (QED) is 0.557. The number of aryl methyl sites for hydroxylation is 2. The van der Waals surface area contributed by atoms with Gasteiger partial charge in [0.05, 0.1) is 18.4 Å². The van der Waals surface area contributed by atoms with Crippen molar-refractivity contribution in [3.05, 3.63) is 51.3 Å². The summed E-state index contributed by atoms with van der Waals surface area (Å²) in [6.45, 7) is 6.21. The first-order valence-electron chi connectivity index (χ1n) is 8.55. The summed E-state index contributed by atoms with van der Waals surface area (Å²) in [6, 6.07) is 5.00. The molecule has 0 aliphatic heterocycles. The zero-order valence-corrected chi connectivity index (χ0v) is 17.1. The molecule has 1 heterocycles. The van der Waals surface area contributed by atoms with Crippen LogP contribution in [0.1, 0.15) is 44.6 Å². The molecule has 0 unspecified atom stereocenters. The van der Waals surface area contributed by atoms with Gasteiger partial charge < -0.3 is 19.2 Å². The van der Waals surface area contributed by atoms with Crippen LogP contribution in [0.25, 0.3) is 0 Å². The fraction of sp³-hybridized carbons (Fsp3) is 0.350. The van der Waals surface area contributed by atoms with Crippen LogP contribution in [-0.4, -0.2) is 42.5 Å². The smallest absolute Gasteiger partial charge is 0.344 e. The van der Waals surface area contributed by atoms with Crippen molar-refractivity contribution < 1.29 is 28.6 Å². The minimum absolute atomic E-state index is 0.201. The monoisotopic (exact) mass is 407 g/mol. The molecule has 0 aliphatic carbocycles. The van der Waals surface area contributed by atoms with Crippen LogP contribution < -0.4 is 4.74 Å². The Morgan fingerprint density at radius 2 is 1.86 bits per heavy atom. The van der Waals surface area contributed by atoms with Crippen LogP contribution in [0.3, 0.4) is 0 Å². The molecule has 0 spiro atoms. The average Bonchev–Trinajstić information content (AvgIpc) is 2.95. The Labute approximate surface area is 167 Å². The number of halogens is 1. The molecular formula is C20H22ClNO6. The number of aromatic amines is 1. The third-order valence-electron chi connectivity index (χ3n) is 4.24. The lowest BCUT2D eigenvalue weighted by molar-refractivity contribution is -0.148. The Kier molecular flexibility index (Phi) is 6.85. The van der Waals surface area contributed by atoms with E-state index in [0.29, 0.717) is 27.6 Å². The van der Waals surface area contributed by atoms with E-state index in [-0.39, 0.29) is 12.3 Å². The van der Waals surface area contributed by atoms with E-state index in [1.165, 1.54) is 14.0 Å². The largest absolute Gasteiger partial charge is 0.482 e. The second-order valence-electron chi connectivity index (χ2n) is 6.31. The van der Waals surface area contributed by atoms with Crippen molar-refractivity contribution in [2.24, 2.45) is 0 Å². The van der Waals surface area contributed by atoms with Gasteiger partial charge in [0.25, 0.3) is 0 Å². The molecule has 0 saturated heterocycles. The Hall–Kier alpha value is -2.80. The summed E-state index contributed by atoms with van der Waals surface area (Å²) in [7, 11) is 1.27. The lowest BCUT2D eigenvalue weighted by Gasteiger charge is -2.13. The second-order valence-corrected chi connectivity index (χ2v) is 6.72. The van der Waals surface area contributed by atoms with Crippen LogP contribution >= 0.6 is 11.6 Å². The summed E-state index contributed by atoms with van der Waals surface area (Å²) in [5.74, 6) is -1.22. The highest BCUT2D eigenvalue weighted by atomic mass is 35.5. The fourth-order valence-electron chi connectivity index (χ4n) is 2.74. The normalized spacial score (nSPS) is 11.6. The molecule has 7 nitrogen and oxygen atoms in total. The third kappa shape index (κ3) is 4.72. The summed E-state index contributed by atoms with van der Waals surface area (Å²) in [5, 5.41) is 0.595. The molecular weight excluding hydrogens is 386 g/mol. The molecule has 0 aliphatic rings. The number of Topliss-reactive ketones (excluding diaryl/α,β-unsaturated/α-hetero) is 1. The summed E-state index contributed by atoms with van der Waals surface area (Å²) in [5.41, 5.74) is 2.27. The molecule has 1 aromatic heterocycles. The molecule has 2 aromatic rings. The molecule has 0 saturated carbocycles. The molecule has 0 amide bonds. The topological polar surface area (TPSA) is 94.7 Å². The van der Waals surface area contributed by atoms with Crippen LogP contribution in [-0.2, 0) is 14.3 Å². The maximum Gasteiger partial charge on any atom is 0.344 e. The molecule has 8 heteroatoms. The number of aromatic nitrogens is 1. The summed E-state index contributed by atoms with van der Waals surface area (Å²) < 4.78 is 15.3. The number of H-pyrrole nitrogens is 1. The van der Waals surface area contributed by atoms with E-state index < -0.39 is 23.8 Å². The standard InChI is InChI=1S/C20H22ClNO6/c1-10-8-14(6-7-15(10)21)27-9-16(23)28-13(4)19(24)18-11(2)17(12(3)22-18)20(25)26-5/h6-8,13,22H,9H2,1-5H3/t13-/m1/s1. The van der Waals surface area contributed by atoms with E-state index in [2.05, 4.69) is 4.98 Å². The number of esters is 2. The highest BCUT2D eigenvalue weighted by molar-refractivity contribution is 6.31. The Morgan fingerprint density at radius 1 is 1.18 bits per heavy atom. The van der Waals surface area contributed by atoms with E-state index in [1.54, 1.807) is 32.0 Å². The molecule has 0 fully saturated rings. The lowest BCUT2D eigenvalue weighted by Crippen LogP contribution is -2.28. The van der Waals surface area contributed by atoms with E-state index >= 15 is 0 Å². The fourth-order valence-corrected chi connectivity index (χ4v) is 2.86. The Balaban J connectivity index is 2.01. The van der Waals surface area contributed by atoms with Gasteiger partial charge in [-0.3, -0.25) is 4.79 Å². The number of ketones is 1. The number of carbonyl (C=O) groups excluding carboxylic acids is 3. The van der Waals surface area contributed by atoms with Crippen molar-refractivity contribution in [3.8, 4) is 5.75 Å². The number of methoxy groups -OCH3 is 1. The van der Waals surface area contributed by atoms with E-state index in [4.69, 9.17) is 25.8 Å². The van der Waals surface area contributed by atoms with Crippen molar-refractivity contribution in [1.82, 2.24) is 4.98 Å². The molecule has 2 rings (SSSR count). The Bertz CT molecular complexity index is 918. The van der Waals surface area contributed by atoms with Gasteiger partial charge >= 0.3 is 11.9 Å². The first-order valence-corrected chi connectivity index (χ1v) is 8.93. The number of carbonyl (C=O) groups is 3. The van der Waals surface area contributed by atoms with Crippen LogP contribution in [0, 0.1) is 20.8 Å². The van der Waals surface area contributed by atoms with Gasteiger partial charge in [0, 0.05) is 10.7 Å². The molecule has 1 atom stereocenters. The maximum atomic E-state index is 12.6. The van der Waals surface area contributed by atoms with Crippen LogP contribution in [0.5, 0.6) is 5.75 Å². The number of nitrogens with one attached hydrogen (secondary N) is 1. The minimum atomic E-state index is -1.05. The van der Waals surface area contributed by atoms with Gasteiger partial charge in [-0.25, -0.2) is 9.59 Å². The van der Waals surface area contributed by atoms with Crippen molar-refractivity contribution in [2.75, 3.05) is 13.7 Å².